The summed E-state index contributed by atoms with van der Waals surface area (Å²) in [6.45, 7) is 4.21. The van der Waals surface area contributed by atoms with Crippen LogP contribution in [0.2, 0.25) is 0 Å². The first-order valence-electron chi connectivity index (χ1n) is 4.92. The third kappa shape index (κ3) is 2.94. The summed E-state index contributed by atoms with van der Waals surface area (Å²) >= 11 is 1.87. The van der Waals surface area contributed by atoms with E-state index in [2.05, 4.69) is 23.5 Å². The van der Waals surface area contributed by atoms with Crippen LogP contribution in [0.5, 0.6) is 0 Å². The average Bonchev–Trinajstić information content (AvgIpc) is 2.44. The predicted molar refractivity (Wildman–Crippen MR) is 64.0 cm³/mol. The van der Waals surface area contributed by atoms with Gasteiger partial charge < -0.3 is 9.88 Å². The lowest BCUT2D eigenvalue weighted by atomic mass is 10.3. The number of hydrogen-bond donors (Lipinski definition) is 1. The standard InChI is InChI=1S/C10H19N3S/c1-5-9(7-14-4)12-10-11-8(2)6-13(10)3/h6,9H,5,7H2,1-4H3,(H,11,12). The lowest BCUT2D eigenvalue weighted by Crippen LogP contribution is -2.23. The van der Waals surface area contributed by atoms with Gasteiger partial charge in [0.1, 0.15) is 0 Å². The molecule has 0 aromatic carbocycles. The van der Waals surface area contributed by atoms with Gasteiger partial charge >= 0.3 is 0 Å². The molecule has 14 heavy (non-hydrogen) atoms. The molecule has 1 unspecified atom stereocenters. The summed E-state index contributed by atoms with van der Waals surface area (Å²) in [7, 11) is 2.02. The maximum Gasteiger partial charge on any atom is 0.203 e. The summed E-state index contributed by atoms with van der Waals surface area (Å²) < 4.78 is 2.04. The van der Waals surface area contributed by atoms with E-state index in [4.69, 9.17) is 0 Å². The van der Waals surface area contributed by atoms with Gasteiger partial charge in [-0.1, -0.05) is 6.92 Å². The Morgan fingerprint density at radius 3 is 2.79 bits per heavy atom. The van der Waals surface area contributed by atoms with Crippen molar-refractivity contribution in [2.75, 3.05) is 17.3 Å². The molecule has 1 aromatic heterocycles. The molecular weight excluding hydrogens is 194 g/mol. The van der Waals surface area contributed by atoms with Crippen LogP contribution in [0, 0.1) is 6.92 Å². The van der Waals surface area contributed by atoms with Gasteiger partial charge in [0.25, 0.3) is 0 Å². The smallest absolute Gasteiger partial charge is 0.203 e. The first-order valence-corrected chi connectivity index (χ1v) is 6.32. The highest BCUT2D eigenvalue weighted by Crippen LogP contribution is 2.11. The number of hydrogen-bond acceptors (Lipinski definition) is 3. The van der Waals surface area contributed by atoms with Gasteiger partial charge in [0.2, 0.25) is 5.95 Å². The molecule has 1 atom stereocenters. The van der Waals surface area contributed by atoms with E-state index in [-0.39, 0.29) is 0 Å². The molecule has 0 aliphatic rings. The highest BCUT2D eigenvalue weighted by Gasteiger charge is 2.08. The zero-order valence-corrected chi connectivity index (χ0v) is 10.2. The van der Waals surface area contributed by atoms with Crippen molar-refractivity contribution in [3.8, 4) is 0 Å². The van der Waals surface area contributed by atoms with Gasteiger partial charge in [0, 0.05) is 25.0 Å². The maximum atomic E-state index is 4.42. The van der Waals surface area contributed by atoms with Crippen LogP contribution in [0.4, 0.5) is 5.95 Å². The van der Waals surface area contributed by atoms with Gasteiger partial charge in [-0.2, -0.15) is 11.8 Å². The minimum Gasteiger partial charge on any atom is -0.352 e. The molecule has 0 radical (unpaired) electrons. The van der Waals surface area contributed by atoms with Crippen molar-refractivity contribution in [2.45, 2.75) is 26.3 Å². The number of nitrogens with one attached hydrogen (secondary N) is 1. The summed E-state index contributed by atoms with van der Waals surface area (Å²) in [4.78, 5) is 4.42. The molecule has 1 heterocycles. The number of rotatable bonds is 5. The normalized spacial score (nSPS) is 12.9. The lowest BCUT2D eigenvalue weighted by molar-refractivity contribution is 0.749. The molecule has 1 N–H and O–H groups in total. The number of aromatic nitrogens is 2. The van der Waals surface area contributed by atoms with Gasteiger partial charge in [-0.3, -0.25) is 0 Å². The van der Waals surface area contributed by atoms with Crippen molar-refractivity contribution in [3.05, 3.63) is 11.9 Å². The molecule has 0 bridgehead atoms. The summed E-state index contributed by atoms with van der Waals surface area (Å²) in [6, 6.07) is 0.519. The fourth-order valence-corrected chi connectivity index (χ4v) is 2.12. The van der Waals surface area contributed by atoms with E-state index in [0.717, 1.165) is 23.8 Å². The van der Waals surface area contributed by atoms with Crippen LogP contribution in [-0.4, -0.2) is 27.6 Å². The summed E-state index contributed by atoms with van der Waals surface area (Å²) in [5, 5.41) is 3.45. The Bertz CT molecular complexity index is 283. The summed E-state index contributed by atoms with van der Waals surface area (Å²) in [6.07, 6.45) is 5.30. The van der Waals surface area contributed by atoms with Crippen LogP contribution >= 0.6 is 11.8 Å². The first kappa shape index (κ1) is 11.4. The Kier molecular flexibility index (Phi) is 4.32. The number of anilines is 1. The van der Waals surface area contributed by atoms with Crippen molar-refractivity contribution in [3.63, 3.8) is 0 Å². The van der Waals surface area contributed by atoms with Crippen LogP contribution in [-0.2, 0) is 7.05 Å². The molecule has 0 aliphatic carbocycles. The fourth-order valence-electron chi connectivity index (χ4n) is 1.40. The van der Waals surface area contributed by atoms with Crippen molar-refractivity contribution in [2.24, 2.45) is 7.05 Å². The van der Waals surface area contributed by atoms with Crippen molar-refractivity contribution in [1.82, 2.24) is 9.55 Å². The molecule has 0 spiro atoms. The third-order valence-corrected chi connectivity index (χ3v) is 2.93. The minimum atomic E-state index is 0.519. The van der Waals surface area contributed by atoms with Crippen LogP contribution < -0.4 is 5.32 Å². The fraction of sp³-hybridized carbons (Fsp3) is 0.700. The highest BCUT2D eigenvalue weighted by molar-refractivity contribution is 7.98. The van der Waals surface area contributed by atoms with Gasteiger partial charge in [0.05, 0.1) is 5.69 Å². The van der Waals surface area contributed by atoms with Crippen LogP contribution in [0.15, 0.2) is 6.20 Å². The molecule has 0 saturated carbocycles. The Hall–Kier alpha value is -0.640. The van der Waals surface area contributed by atoms with E-state index in [1.54, 1.807) is 0 Å². The molecule has 0 saturated heterocycles. The zero-order chi connectivity index (χ0) is 10.6. The first-order chi connectivity index (χ1) is 6.67. The number of nitrogens with zero attached hydrogens (tertiary/aromatic N) is 2. The second-order valence-corrected chi connectivity index (χ2v) is 4.43. The van der Waals surface area contributed by atoms with Gasteiger partial charge in [-0.05, 0) is 19.6 Å². The van der Waals surface area contributed by atoms with Gasteiger partial charge in [-0.15, -0.1) is 0 Å². The second kappa shape index (κ2) is 5.29. The lowest BCUT2D eigenvalue weighted by Gasteiger charge is -2.16. The predicted octanol–water partition coefficient (Wildman–Crippen LogP) is 2.28. The molecular formula is C10H19N3S. The Morgan fingerprint density at radius 2 is 2.36 bits per heavy atom. The highest BCUT2D eigenvalue weighted by atomic mass is 32.2. The molecule has 4 heteroatoms. The maximum absolute atomic E-state index is 4.42. The zero-order valence-electron chi connectivity index (χ0n) is 9.37. The van der Waals surface area contributed by atoms with E-state index in [9.17, 15) is 0 Å². The van der Waals surface area contributed by atoms with Crippen LogP contribution in [0.25, 0.3) is 0 Å². The Balaban J connectivity index is 2.61. The number of aryl methyl sites for hydroxylation is 2. The third-order valence-electron chi connectivity index (χ3n) is 2.19. The molecule has 0 aliphatic heterocycles. The SMILES string of the molecule is CCC(CSC)Nc1nc(C)cn1C. The Labute approximate surface area is 90.3 Å². The molecule has 0 fully saturated rings. The molecule has 1 rings (SSSR count). The summed E-state index contributed by atoms with van der Waals surface area (Å²) in [5.41, 5.74) is 1.06. The van der Waals surface area contributed by atoms with Crippen LogP contribution in [0.1, 0.15) is 19.0 Å². The van der Waals surface area contributed by atoms with E-state index < -0.39 is 0 Å². The van der Waals surface area contributed by atoms with E-state index in [1.807, 2.05) is 36.5 Å². The second-order valence-electron chi connectivity index (χ2n) is 3.52. The molecule has 3 nitrogen and oxygen atoms in total. The largest absolute Gasteiger partial charge is 0.352 e. The molecule has 80 valence electrons. The van der Waals surface area contributed by atoms with E-state index in [1.165, 1.54) is 0 Å². The number of thioether (sulfide) groups is 1. The van der Waals surface area contributed by atoms with Gasteiger partial charge in [0.15, 0.2) is 0 Å². The Morgan fingerprint density at radius 1 is 1.64 bits per heavy atom. The van der Waals surface area contributed by atoms with Crippen molar-refractivity contribution >= 4 is 17.7 Å². The van der Waals surface area contributed by atoms with Crippen molar-refractivity contribution in [1.29, 1.82) is 0 Å². The van der Waals surface area contributed by atoms with Crippen LogP contribution in [0.3, 0.4) is 0 Å². The van der Waals surface area contributed by atoms with Gasteiger partial charge in [-0.25, -0.2) is 4.98 Å². The van der Waals surface area contributed by atoms with E-state index >= 15 is 0 Å². The van der Waals surface area contributed by atoms with E-state index in [0.29, 0.717) is 6.04 Å². The topological polar surface area (TPSA) is 29.9 Å². The molecule has 0 amide bonds. The molecule has 1 aromatic rings. The van der Waals surface area contributed by atoms with Crippen molar-refractivity contribution < 1.29 is 0 Å². The monoisotopic (exact) mass is 213 g/mol. The average molecular weight is 213 g/mol. The number of imidazole rings is 1. The quantitative estimate of drug-likeness (QED) is 0.814. The summed E-state index contributed by atoms with van der Waals surface area (Å²) in [5.74, 6) is 2.10. The minimum absolute atomic E-state index is 0.519.